The Morgan fingerprint density at radius 1 is 1.33 bits per heavy atom. The molecule has 0 aromatic rings. The number of guanidine groups is 1. The van der Waals surface area contributed by atoms with Gasteiger partial charge in [0.15, 0.2) is 5.96 Å². The molecule has 4 nitrogen and oxygen atoms in total. The highest BCUT2D eigenvalue weighted by Gasteiger charge is 2.29. The third-order valence-electron chi connectivity index (χ3n) is 3.38. The lowest BCUT2D eigenvalue weighted by Crippen LogP contribution is -2.40. The first-order valence-electron chi connectivity index (χ1n) is 7.14. The maximum atomic E-state index is 12.1. The summed E-state index contributed by atoms with van der Waals surface area (Å²) in [4.78, 5) is 6.63. The monoisotopic (exact) mass is 422 g/mol. The van der Waals surface area contributed by atoms with E-state index in [-0.39, 0.29) is 30.5 Å². The summed E-state index contributed by atoms with van der Waals surface area (Å²) in [7, 11) is 2.07. The predicted molar refractivity (Wildman–Crippen MR) is 90.3 cm³/mol. The fourth-order valence-corrected chi connectivity index (χ4v) is 1.86. The number of nitrogens with one attached hydrogen (secondary N) is 2. The van der Waals surface area contributed by atoms with E-state index in [0.717, 1.165) is 0 Å². The Balaban J connectivity index is 0.00000400. The Morgan fingerprint density at radius 2 is 1.95 bits per heavy atom. The Hall–Kier alpha value is -0.250. The molecule has 1 unspecified atom stereocenters. The van der Waals surface area contributed by atoms with Crippen molar-refractivity contribution < 1.29 is 13.2 Å². The Kier molecular flexibility index (Phi) is 9.59. The Labute approximate surface area is 142 Å². The first-order valence-corrected chi connectivity index (χ1v) is 7.14. The van der Waals surface area contributed by atoms with Crippen molar-refractivity contribution in [3.63, 3.8) is 0 Å². The van der Waals surface area contributed by atoms with Gasteiger partial charge in [-0.25, -0.2) is 0 Å². The standard InChI is InChI=1S/C13H25F3N4.HI/c1-4-17-12(18-8-7-13(14,15)16)19-9-10(2)20(3)11-5-6-11;/h10-11H,4-9H2,1-3H3,(H2,17,18,19);1H. The fourth-order valence-electron chi connectivity index (χ4n) is 1.86. The number of halogens is 4. The summed E-state index contributed by atoms with van der Waals surface area (Å²) in [5.74, 6) is 0.452. The van der Waals surface area contributed by atoms with Crippen LogP contribution in [0.2, 0.25) is 0 Å². The highest BCUT2D eigenvalue weighted by molar-refractivity contribution is 14.0. The van der Waals surface area contributed by atoms with Crippen molar-refractivity contribution in [3.05, 3.63) is 0 Å². The zero-order valence-corrected chi connectivity index (χ0v) is 15.2. The molecule has 0 aromatic heterocycles. The number of aliphatic imine (C=N–C) groups is 1. The molecule has 1 saturated carbocycles. The summed E-state index contributed by atoms with van der Waals surface area (Å²) in [6.07, 6.45) is -2.53. The molecule has 0 radical (unpaired) electrons. The highest BCUT2D eigenvalue weighted by atomic mass is 127. The first kappa shape index (κ1) is 20.8. The average Bonchev–Trinajstić information content (AvgIpc) is 3.17. The molecule has 0 amide bonds. The molecule has 1 fully saturated rings. The summed E-state index contributed by atoms with van der Waals surface area (Å²) < 4.78 is 36.3. The SMILES string of the molecule is CCNC(=NCC(C)N(C)C1CC1)NCCC(F)(F)F.I. The van der Waals surface area contributed by atoms with Gasteiger partial charge in [-0.05, 0) is 33.7 Å². The van der Waals surface area contributed by atoms with Crippen LogP contribution in [0.25, 0.3) is 0 Å². The maximum Gasteiger partial charge on any atom is 0.390 e. The van der Waals surface area contributed by atoms with Crippen LogP contribution < -0.4 is 10.6 Å². The lowest BCUT2D eigenvalue weighted by atomic mass is 10.3. The molecule has 2 N–H and O–H groups in total. The summed E-state index contributed by atoms with van der Waals surface area (Å²) in [5.41, 5.74) is 0. The third-order valence-corrected chi connectivity index (χ3v) is 3.38. The van der Waals surface area contributed by atoms with Crippen molar-refractivity contribution in [1.82, 2.24) is 15.5 Å². The van der Waals surface area contributed by atoms with E-state index in [4.69, 9.17) is 0 Å². The summed E-state index contributed by atoms with van der Waals surface area (Å²) in [6, 6.07) is 0.946. The van der Waals surface area contributed by atoms with Gasteiger partial charge in [-0.3, -0.25) is 9.89 Å². The van der Waals surface area contributed by atoms with Gasteiger partial charge in [0.1, 0.15) is 0 Å². The molecule has 21 heavy (non-hydrogen) atoms. The van der Waals surface area contributed by atoms with Crippen molar-refractivity contribution in [2.75, 3.05) is 26.7 Å². The second-order valence-corrected chi connectivity index (χ2v) is 5.26. The normalized spacial score (nSPS) is 17.4. The van der Waals surface area contributed by atoms with Crippen LogP contribution >= 0.6 is 24.0 Å². The molecule has 8 heteroatoms. The summed E-state index contributed by atoms with van der Waals surface area (Å²) in [6.45, 7) is 5.03. The van der Waals surface area contributed by atoms with Gasteiger partial charge in [0.05, 0.1) is 13.0 Å². The van der Waals surface area contributed by atoms with Crippen LogP contribution in [0, 0.1) is 0 Å². The van der Waals surface area contributed by atoms with Crippen LogP contribution in [0.1, 0.15) is 33.1 Å². The minimum absolute atomic E-state index is 0. The van der Waals surface area contributed by atoms with Gasteiger partial charge in [-0.1, -0.05) is 0 Å². The number of hydrogen-bond donors (Lipinski definition) is 2. The number of hydrogen-bond acceptors (Lipinski definition) is 2. The minimum Gasteiger partial charge on any atom is -0.357 e. The van der Waals surface area contributed by atoms with Crippen LogP contribution in [0.15, 0.2) is 4.99 Å². The molecule has 126 valence electrons. The molecule has 1 aliphatic carbocycles. The number of nitrogens with zero attached hydrogens (tertiary/aromatic N) is 2. The molecule has 1 rings (SSSR count). The molecule has 1 aliphatic rings. The first-order chi connectivity index (χ1) is 9.33. The van der Waals surface area contributed by atoms with E-state index in [1.807, 2.05) is 6.92 Å². The lowest BCUT2D eigenvalue weighted by Gasteiger charge is -2.23. The highest BCUT2D eigenvalue weighted by Crippen LogP contribution is 2.26. The van der Waals surface area contributed by atoms with Gasteiger partial charge in [-0.15, -0.1) is 24.0 Å². The molecule has 0 bridgehead atoms. The van der Waals surface area contributed by atoms with E-state index in [0.29, 0.717) is 31.1 Å². The van der Waals surface area contributed by atoms with Crippen LogP contribution in [0.5, 0.6) is 0 Å². The lowest BCUT2D eigenvalue weighted by molar-refractivity contribution is -0.132. The van der Waals surface area contributed by atoms with Crippen molar-refractivity contribution in [2.45, 2.75) is 51.4 Å². The van der Waals surface area contributed by atoms with Crippen molar-refractivity contribution in [1.29, 1.82) is 0 Å². The molecular weight excluding hydrogens is 396 g/mol. The molecule has 0 aromatic carbocycles. The molecule has 0 heterocycles. The molecule has 0 saturated heterocycles. The fraction of sp³-hybridized carbons (Fsp3) is 0.923. The zero-order chi connectivity index (χ0) is 15.2. The smallest absolute Gasteiger partial charge is 0.357 e. The third kappa shape index (κ3) is 9.38. The topological polar surface area (TPSA) is 39.7 Å². The van der Waals surface area contributed by atoms with Gasteiger partial charge in [-0.2, -0.15) is 13.2 Å². The quantitative estimate of drug-likeness (QED) is 0.377. The Morgan fingerprint density at radius 3 is 2.43 bits per heavy atom. The van der Waals surface area contributed by atoms with E-state index < -0.39 is 12.6 Å². The average molecular weight is 422 g/mol. The van der Waals surface area contributed by atoms with Gasteiger partial charge in [0.2, 0.25) is 0 Å². The van der Waals surface area contributed by atoms with Gasteiger partial charge >= 0.3 is 6.18 Å². The van der Waals surface area contributed by atoms with E-state index in [1.54, 1.807) is 0 Å². The molecular formula is C13H26F3IN4. The second-order valence-electron chi connectivity index (χ2n) is 5.26. The van der Waals surface area contributed by atoms with Crippen LogP contribution in [-0.4, -0.2) is 55.8 Å². The summed E-state index contributed by atoms with van der Waals surface area (Å²) in [5, 5.41) is 5.68. The number of rotatable bonds is 7. The molecule has 0 spiro atoms. The largest absolute Gasteiger partial charge is 0.390 e. The van der Waals surface area contributed by atoms with Crippen LogP contribution in [0.3, 0.4) is 0 Å². The van der Waals surface area contributed by atoms with Gasteiger partial charge in [0.25, 0.3) is 0 Å². The number of likely N-dealkylation sites (N-methyl/N-ethyl adjacent to an activating group) is 1. The van der Waals surface area contributed by atoms with E-state index in [2.05, 4.69) is 34.5 Å². The number of alkyl halides is 3. The van der Waals surface area contributed by atoms with Crippen molar-refractivity contribution in [3.8, 4) is 0 Å². The summed E-state index contributed by atoms with van der Waals surface area (Å²) >= 11 is 0. The second kappa shape index (κ2) is 9.70. The van der Waals surface area contributed by atoms with Gasteiger partial charge < -0.3 is 10.6 Å². The Bertz CT molecular complexity index is 319. The molecule has 1 atom stereocenters. The van der Waals surface area contributed by atoms with E-state index >= 15 is 0 Å². The van der Waals surface area contributed by atoms with E-state index in [1.165, 1.54) is 12.8 Å². The maximum absolute atomic E-state index is 12.1. The van der Waals surface area contributed by atoms with Crippen molar-refractivity contribution in [2.24, 2.45) is 4.99 Å². The van der Waals surface area contributed by atoms with Crippen LogP contribution in [-0.2, 0) is 0 Å². The minimum atomic E-state index is -4.14. The van der Waals surface area contributed by atoms with E-state index in [9.17, 15) is 13.2 Å². The zero-order valence-electron chi connectivity index (χ0n) is 12.8. The van der Waals surface area contributed by atoms with Crippen molar-refractivity contribution >= 4 is 29.9 Å². The van der Waals surface area contributed by atoms with Gasteiger partial charge in [0, 0.05) is 25.2 Å². The predicted octanol–water partition coefficient (Wildman–Crippen LogP) is 2.59. The molecule has 0 aliphatic heterocycles. The van der Waals surface area contributed by atoms with Crippen LogP contribution in [0.4, 0.5) is 13.2 Å².